The minimum Gasteiger partial charge on any atom is -0.338 e. The van der Waals surface area contributed by atoms with Crippen LogP contribution in [0.4, 0.5) is 4.79 Å². The first kappa shape index (κ1) is 10.8. The van der Waals surface area contributed by atoms with Crippen molar-refractivity contribution in [3.63, 3.8) is 0 Å². The van der Waals surface area contributed by atoms with E-state index in [0.29, 0.717) is 6.54 Å². The third kappa shape index (κ3) is 4.62. The van der Waals surface area contributed by atoms with Crippen molar-refractivity contribution in [2.75, 3.05) is 6.54 Å². The van der Waals surface area contributed by atoms with Gasteiger partial charge in [0.1, 0.15) is 0 Å². The number of terminal acetylenes is 1. The maximum atomic E-state index is 11.0. The van der Waals surface area contributed by atoms with Gasteiger partial charge in [-0.1, -0.05) is 19.8 Å². The van der Waals surface area contributed by atoms with Gasteiger partial charge in [-0.2, -0.15) is 0 Å². The van der Waals surface area contributed by atoms with E-state index in [1.54, 1.807) is 0 Å². The molecule has 12 heavy (non-hydrogen) atoms. The highest BCUT2D eigenvalue weighted by Gasteiger charge is 2.04. The van der Waals surface area contributed by atoms with Crippen molar-refractivity contribution in [1.29, 1.82) is 0 Å². The van der Waals surface area contributed by atoms with Gasteiger partial charge in [0.15, 0.2) is 0 Å². The second-order valence-corrected chi connectivity index (χ2v) is 2.53. The highest BCUT2D eigenvalue weighted by Crippen LogP contribution is 1.86. The SMILES string of the molecule is C#CC(CC)NC(=O)NCCC. The van der Waals surface area contributed by atoms with E-state index in [0.717, 1.165) is 12.8 Å². The number of carbonyl (C=O) groups excluding carboxylic acids is 1. The zero-order valence-electron chi connectivity index (χ0n) is 7.68. The van der Waals surface area contributed by atoms with Crippen molar-refractivity contribution in [1.82, 2.24) is 10.6 Å². The quantitative estimate of drug-likeness (QED) is 0.606. The second-order valence-electron chi connectivity index (χ2n) is 2.53. The molecule has 0 bridgehead atoms. The first-order valence-electron chi connectivity index (χ1n) is 4.25. The molecule has 0 saturated carbocycles. The third-order valence-electron chi connectivity index (χ3n) is 1.45. The monoisotopic (exact) mass is 168 g/mol. The van der Waals surface area contributed by atoms with Crippen LogP contribution in [-0.4, -0.2) is 18.6 Å². The average Bonchev–Trinajstić information content (AvgIpc) is 2.10. The topological polar surface area (TPSA) is 41.1 Å². The molecule has 1 atom stereocenters. The molecule has 0 rings (SSSR count). The van der Waals surface area contributed by atoms with Gasteiger partial charge in [-0.25, -0.2) is 4.79 Å². The van der Waals surface area contributed by atoms with Crippen LogP contribution in [0.15, 0.2) is 0 Å². The highest BCUT2D eigenvalue weighted by molar-refractivity contribution is 5.74. The average molecular weight is 168 g/mol. The Morgan fingerprint density at radius 3 is 2.67 bits per heavy atom. The van der Waals surface area contributed by atoms with Gasteiger partial charge in [0.2, 0.25) is 0 Å². The van der Waals surface area contributed by atoms with Gasteiger partial charge in [0, 0.05) is 6.54 Å². The summed E-state index contributed by atoms with van der Waals surface area (Å²) in [6, 6.07) is -0.330. The molecule has 0 fully saturated rings. The Morgan fingerprint density at radius 1 is 1.58 bits per heavy atom. The molecule has 68 valence electrons. The lowest BCUT2D eigenvalue weighted by atomic mass is 10.2. The summed E-state index contributed by atoms with van der Waals surface area (Å²) in [5.74, 6) is 2.49. The normalized spacial score (nSPS) is 11.4. The number of nitrogens with one attached hydrogen (secondary N) is 2. The molecule has 0 aromatic carbocycles. The summed E-state index contributed by atoms with van der Waals surface area (Å²) in [5, 5.41) is 5.35. The Bertz CT molecular complexity index is 172. The molecule has 3 heteroatoms. The maximum absolute atomic E-state index is 11.0. The fraction of sp³-hybridized carbons (Fsp3) is 0.667. The molecule has 0 spiro atoms. The summed E-state index contributed by atoms with van der Waals surface area (Å²) in [4.78, 5) is 11.0. The molecule has 0 aliphatic carbocycles. The standard InChI is InChI=1S/C9H16N2O/c1-4-7-10-9(12)11-8(5-2)6-3/h2,8H,4,6-7H2,1,3H3,(H2,10,11,12). The zero-order valence-corrected chi connectivity index (χ0v) is 7.68. The van der Waals surface area contributed by atoms with Crippen molar-refractivity contribution in [3.8, 4) is 12.3 Å². The third-order valence-corrected chi connectivity index (χ3v) is 1.45. The van der Waals surface area contributed by atoms with Crippen LogP contribution in [0.5, 0.6) is 0 Å². The Labute approximate surface area is 73.9 Å². The number of carbonyl (C=O) groups is 1. The first-order chi connectivity index (χ1) is 5.74. The molecular weight excluding hydrogens is 152 g/mol. The van der Waals surface area contributed by atoms with E-state index >= 15 is 0 Å². The lowest BCUT2D eigenvalue weighted by molar-refractivity contribution is 0.239. The lowest BCUT2D eigenvalue weighted by Crippen LogP contribution is -2.41. The van der Waals surface area contributed by atoms with E-state index in [4.69, 9.17) is 6.42 Å². The summed E-state index contributed by atoms with van der Waals surface area (Å²) in [7, 11) is 0. The van der Waals surface area contributed by atoms with Crippen molar-refractivity contribution in [2.24, 2.45) is 0 Å². The fourth-order valence-corrected chi connectivity index (χ4v) is 0.709. The first-order valence-corrected chi connectivity index (χ1v) is 4.25. The molecule has 0 radical (unpaired) electrons. The fourth-order valence-electron chi connectivity index (χ4n) is 0.709. The van der Waals surface area contributed by atoms with Gasteiger partial charge in [-0.05, 0) is 12.8 Å². The number of rotatable bonds is 4. The minimum atomic E-state index is -0.179. The van der Waals surface area contributed by atoms with E-state index in [2.05, 4.69) is 16.6 Å². The molecule has 0 saturated heterocycles. The van der Waals surface area contributed by atoms with Crippen LogP contribution in [0, 0.1) is 12.3 Å². The summed E-state index contributed by atoms with van der Waals surface area (Å²) >= 11 is 0. The molecule has 0 aromatic heterocycles. The molecule has 3 nitrogen and oxygen atoms in total. The van der Waals surface area contributed by atoms with Gasteiger partial charge in [0.25, 0.3) is 0 Å². The molecule has 0 aliphatic heterocycles. The van der Waals surface area contributed by atoms with E-state index in [9.17, 15) is 4.79 Å². The Kier molecular flexibility index (Phi) is 5.90. The highest BCUT2D eigenvalue weighted by atomic mass is 16.2. The largest absolute Gasteiger partial charge is 0.338 e. The summed E-state index contributed by atoms with van der Waals surface area (Å²) in [5.41, 5.74) is 0. The van der Waals surface area contributed by atoms with Crippen LogP contribution in [-0.2, 0) is 0 Å². The van der Waals surface area contributed by atoms with Gasteiger partial charge >= 0.3 is 6.03 Å². The summed E-state index contributed by atoms with van der Waals surface area (Å²) < 4.78 is 0. The summed E-state index contributed by atoms with van der Waals surface area (Å²) in [6.45, 7) is 4.62. The number of amides is 2. The van der Waals surface area contributed by atoms with Crippen LogP contribution in [0.3, 0.4) is 0 Å². The van der Waals surface area contributed by atoms with E-state index in [1.807, 2.05) is 13.8 Å². The van der Waals surface area contributed by atoms with Gasteiger partial charge in [-0.15, -0.1) is 6.42 Å². The molecule has 0 aliphatic rings. The zero-order chi connectivity index (χ0) is 9.40. The van der Waals surface area contributed by atoms with Crippen LogP contribution >= 0.6 is 0 Å². The Balaban J connectivity index is 3.61. The van der Waals surface area contributed by atoms with Gasteiger partial charge < -0.3 is 10.6 Å². The maximum Gasteiger partial charge on any atom is 0.315 e. The van der Waals surface area contributed by atoms with Crippen LogP contribution in [0.2, 0.25) is 0 Å². The van der Waals surface area contributed by atoms with Crippen LogP contribution in [0.1, 0.15) is 26.7 Å². The Hall–Kier alpha value is -1.17. The van der Waals surface area contributed by atoms with Crippen LogP contribution in [0.25, 0.3) is 0 Å². The smallest absolute Gasteiger partial charge is 0.315 e. The molecular formula is C9H16N2O. The molecule has 1 unspecified atom stereocenters. The second kappa shape index (κ2) is 6.53. The number of hydrogen-bond acceptors (Lipinski definition) is 1. The van der Waals surface area contributed by atoms with E-state index in [-0.39, 0.29) is 12.1 Å². The molecule has 0 heterocycles. The van der Waals surface area contributed by atoms with Crippen molar-refractivity contribution >= 4 is 6.03 Å². The van der Waals surface area contributed by atoms with E-state index < -0.39 is 0 Å². The number of hydrogen-bond donors (Lipinski definition) is 2. The predicted molar refractivity (Wildman–Crippen MR) is 49.7 cm³/mol. The van der Waals surface area contributed by atoms with Crippen molar-refractivity contribution in [3.05, 3.63) is 0 Å². The van der Waals surface area contributed by atoms with E-state index in [1.165, 1.54) is 0 Å². The minimum absolute atomic E-state index is 0.151. The van der Waals surface area contributed by atoms with Crippen molar-refractivity contribution < 1.29 is 4.79 Å². The summed E-state index contributed by atoms with van der Waals surface area (Å²) in [6.07, 6.45) is 6.86. The molecule has 2 amide bonds. The van der Waals surface area contributed by atoms with Gasteiger partial charge in [-0.3, -0.25) is 0 Å². The van der Waals surface area contributed by atoms with Crippen LogP contribution < -0.4 is 10.6 Å². The Morgan fingerprint density at radius 2 is 2.25 bits per heavy atom. The van der Waals surface area contributed by atoms with Crippen molar-refractivity contribution in [2.45, 2.75) is 32.7 Å². The predicted octanol–water partition coefficient (Wildman–Crippen LogP) is 1.11. The molecule has 0 aromatic rings. The lowest BCUT2D eigenvalue weighted by Gasteiger charge is -2.10. The molecule has 2 N–H and O–H groups in total. The number of urea groups is 1. The van der Waals surface area contributed by atoms with Gasteiger partial charge in [0.05, 0.1) is 6.04 Å².